The number of hydrogen-bond donors (Lipinski definition) is 1. The Morgan fingerprint density at radius 3 is 2.78 bits per heavy atom. The molecule has 1 unspecified atom stereocenters. The Hall–Kier alpha value is -3.43. The maximum absolute atomic E-state index is 12.6. The van der Waals surface area contributed by atoms with Gasteiger partial charge in [0.25, 0.3) is 11.8 Å². The zero-order valence-electron chi connectivity index (χ0n) is 15.0. The minimum Gasteiger partial charge on any atom is -0.480 e. The van der Waals surface area contributed by atoms with Gasteiger partial charge in [-0.1, -0.05) is 17.1 Å². The standard InChI is InChI=1S/C17H18N6O4/c1-20-14-13(15(25)21(2)17(20)26)23-8-7-22(16(23)19-14)10-5-3-4-6-11(10)27-9-12(18)24/h3-6,13H,7-9H2,1-2H3,(H-,18,24)/p+1. The van der Waals surface area contributed by atoms with Crippen LogP contribution in [0.1, 0.15) is 0 Å². The third-order valence-corrected chi connectivity index (χ3v) is 4.84. The molecule has 10 heteroatoms. The predicted octanol–water partition coefficient (Wildman–Crippen LogP) is -0.956. The summed E-state index contributed by atoms with van der Waals surface area (Å²) < 4.78 is 7.40. The zero-order chi connectivity index (χ0) is 19.3. The average Bonchev–Trinajstić information content (AvgIpc) is 3.22. The number of para-hydroxylation sites is 2. The molecular formula is C17H19N6O4+. The number of benzene rings is 1. The number of carbonyl (C=O) groups is 3. The highest BCUT2D eigenvalue weighted by Gasteiger charge is 2.54. The fourth-order valence-corrected chi connectivity index (χ4v) is 3.52. The minimum absolute atomic E-state index is 0.235. The summed E-state index contributed by atoms with van der Waals surface area (Å²) in [5, 5.41) is 0. The second-order valence-corrected chi connectivity index (χ2v) is 6.48. The summed E-state index contributed by atoms with van der Waals surface area (Å²) in [6.07, 6.45) is 0. The van der Waals surface area contributed by atoms with Gasteiger partial charge < -0.3 is 10.5 Å². The first kappa shape index (κ1) is 17.0. The third kappa shape index (κ3) is 2.52. The highest BCUT2D eigenvalue weighted by molar-refractivity contribution is 6.24. The lowest BCUT2D eigenvalue weighted by molar-refractivity contribution is -0.525. The molecule has 1 aromatic carbocycles. The van der Waals surface area contributed by atoms with E-state index in [-0.39, 0.29) is 12.5 Å². The molecule has 1 atom stereocenters. The summed E-state index contributed by atoms with van der Waals surface area (Å²) in [6, 6.07) is 6.20. The lowest BCUT2D eigenvalue weighted by Gasteiger charge is -2.31. The first-order valence-corrected chi connectivity index (χ1v) is 8.45. The number of amidine groups is 1. The number of amides is 4. The molecule has 3 aliphatic rings. The Morgan fingerprint density at radius 2 is 2.04 bits per heavy atom. The van der Waals surface area contributed by atoms with Gasteiger partial charge in [0, 0.05) is 14.1 Å². The maximum atomic E-state index is 12.6. The number of fused-ring (bicyclic) bond motifs is 2. The zero-order valence-corrected chi connectivity index (χ0v) is 15.0. The summed E-state index contributed by atoms with van der Waals surface area (Å²) in [7, 11) is 3.07. The van der Waals surface area contributed by atoms with Crippen molar-refractivity contribution >= 4 is 35.3 Å². The lowest BCUT2D eigenvalue weighted by atomic mass is 10.1. The van der Waals surface area contributed by atoms with Gasteiger partial charge >= 0.3 is 12.0 Å². The van der Waals surface area contributed by atoms with Crippen molar-refractivity contribution in [3.8, 4) is 5.75 Å². The number of ether oxygens (including phenoxy) is 1. The van der Waals surface area contributed by atoms with E-state index in [1.807, 2.05) is 21.6 Å². The van der Waals surface area contributed by atoms with Crippen LogP contribution in [0.15, 0.2) is 29.3 Å². The Labute approximate surface area is 155 Å². The normalized spacial score (nSPS) is 21.5. The van der Waals surface area contributed by atoms with Gasteiger partial charge in [0.1, 0.15) is 12.2 Å². The fraction of sp³-hybridized carbons (Fsp3) is 0.353. The van der Waals surface area contributed by atoms with E-state index < -0.39 is 18.0 Å². The first-order chi connectivity index (χ1) is 12.9. The molecule has 0 saturated carbocycles. The van der Waals surface area contributed by atoms with Gasteiger partial charge in [0.15, 0.2) is 12.4 Å². The van der Waals surface area contributed by atoms with Crippen LogP contribution in [0.4, 0.5) is 10.5 Å². The molecule has 0 radical (unpaired) electrons. The number of anilines is 1. The van der Waals surface area contributed by atoms with Crippen molar-refractivity contribution in [3.63, 3.8) is 0 Å². The van der Waals surface area contributed by atoms with Gasteiger partial charge in [0.05, 0.1) is 6.54 Å². The first-order valence-electron chi connectivity index (χ1n) is 8.45. The monoisotopic (exact) mass is 371 g/mol. The van der Waals surface area contributed by atoms with Crippen LogP contribution in [-0.2, 0) is 9.59 Å². The molecule has 1 saturated heterocycles. The quantitative estimate of drug-likeness (QED) is 0.686. The van der Waals surface area contributed by atoms with Gasteiger partial charge in [-0.15, -0.1) is 0 Å². The van der Waals surface area contributed by atoms with Crippen molar-refractivity contribution < 1.29 is 23.7 Å². The van der Waals surface area contributed by atoms with Crippen LogP contribution < -0.4 is 15.4 Å². The lowest BCUT2D eigenvalue weighted by Crippen LogP contribution is -2.61. The molecular weight excluding hydrogens is 352 g/mol. The molecule has 1 fully saturated rings. The van der Waals surface area contributed by atoms with Crippen LogP contribution in [0.5, 0.6) is 5.75 Å². The second-order valence-electron chi connectivity index (χ2n) is 6.48. The number of carbonyl (C=O) groups excluding carboxylic acids is 3. The Morgan fingerprint density at radius 1 is 1.30 bits per heavy atom. The second kappa shape index (κ2) is 6.08. The van der Waals surface area contributed by atoms with Gasteiger partial charge in [0.2, 0.25) is 11.9 Å². The smallest absolute Gasteiger partial charge is 0.397 e. The van der Waals surface area contributed by atoms with E-state index in [4.69, 9.17) is 10.5 Å². The molecule has 10 nitrogen and oxygen atoms in total. The number of nitrogens with zero attached hydrogens (tertiary/aromatic N) is 5. The van der Waals surface area contributed by atoms with Crippen LogP contribution in [0.2, 0.25) is 0 Å². The molecule has 0 bridgehead atoms. The van der Waals surface area contributed by atoms with E-state index in [0.29, 0.717) is 36.3 Å². The molecule has 2 N–H and O–H groups in total. The Balaban J connectivity index is 1.71. The molecule has 0 aromatic heterocycles. The molecule has 4 rings (SSSR count). The van der Waals surface area contributed by atoms with E-state index in [9.17, 15) is 14.4 Å². The fourth-order valence-electron chi connectivity index (χ4n) is 3.52. The van der Waals surface area contributed by atoms with Crippen molar-refractivity contribution in [2.24, 2.45) is 10.7 Å². The molecule has 27 heavy (non-hydrogen) atoms. The van der Waals surface area contributed by atoms with Crippen molar-refractivity contribution in [2.75, 3.05) is 38.7 Å². The largest absolute Gasteiger partial charge is 0.480 e. The Bertz CT molecular complexity index is 924. The SMILES string of the molecule is CN1C(=O)C2C(=NC3=[N+]2CCN3c2ccccc2OCC(N)=O)N(C)C1=O. The number of guanidine groups is 1. The number of likely N-dealkylation sites (N-methyl/N-ethyl adjacent to an activating group) is 2. The number of aliphatic imine (C=N–C) groups is 1. The molecule has 3 aliphatic heterocycles. The summed E-state index contributed by atoms with van der Waals surface area (Å²) in [6.45, 7) is 0.925. The van der Waals surface area contributed by atoms with E-state index in [1.54, 1.807) is 19.2 Å². The molecule has 140 valence electrons. The van der Waals surface area contributed by atoms with Crippen LogP contribution in [0.3, 0.4) is 0 Å². The van der Waals surface area contributed by atoms with Crippen LogP contribution in [0, 0.1) is 0 Å². The summed E-state index contributed by atoms with van der Waals surface area (Å²) in [5.74, 6) is 0.619. The third-order valence-electron chi connectivity index (χ3n) is 4.84. The number of hydrogen-bond acceptors (Lipinski definition) is 6. The maximum Gasteiger partial charge on any atom is 0.397 e. The van der Waals surface area contributed by atoms with E-state index in [2.05, 4.69) is 4.99 Å². The van der Waals surface area contributed by atoms with E-state index in [1.165, 1.54) is 11.9 Å². The molecule has 0 aliphatic carbocycles. The van der Waals surface area contributed by atoms with Crippen LogP contribution in [-0.4, -0.2) is 83.8 Å². The minimum atomic E-state index is -0.614. The van der Waals surface area contributed by atoms with Crippen molar-refractivity contribution in [1.82, 2.24) is 9.80 Å². The molecule has 0 spiro atoms. The van der Waals surface area contributed by atoms with Crippen molar-refractivity contribution in [1.29, 1.82) is 0 Å². The van der Waals surface area contributed by atoms with Crippen LogP contribution >= 0.6 is 0 Å². The van der Waals surface area contributed by atoms with Gasteiger partial charge in [-0.25, -0.2) is 14.3 Å². The number of primary amides is 1. The highest BCUT2D eigenvalue weighted by Crippen LogP contribution is 2.32. The number of rotatable bonds is 4. The molecule has 3 heterocycles. The van der Waals surface area contributed by atoms with Gasteiger partial charge in [-0.3, -0.25) is 19.4 Å². The van der Waals surface area contributed by atoms with Gasteiger partial charge in [-0.2, -0.15) is 0 Å². The Kier molecular flexibility index (Phi) is 3.83. The van der Waals surface area contributed by atoms with Crippen LogP contribution in [0.25, 0.3) is 0 Å². The summed E-state index contributed by atoms with van der Waals surface area (Å²) in [5.41, 5.74) is 5.89. The number of nitrogens with two attached hydrogens (primary N) is 1. The topological polar surface area (TPSA) is 112 Å². The van der Waals surface area contributed by atoms with Crippen molar-refractivity contribution in [2.45, 2.75) is 6.04 Å². The average molecular weight is 371 g/mol. The molecule has 1 aromatic rings. The summed E-state index contributed by atoms with van der Waals surface area (Å²) in [4.78, 5) is 44.9. The molecule has 4 amide bonds. The van der Waals surface area contributed by atoms with E-state index in [0.717, 1.165) is 4.90 Å². The highest BCUT2D eigenvalue weighted by atomic mass is 16.5. The van der Waals surface area contributed by atoms with E-state index >= 15 is 0 Å². The number of imide groups is 1. The summed E-state index contributed by atoms with van der Waals surface area (Å²) >= 11 is 0. The predicted molar refractivity (Wildman–Crippen MR) is 95.8 cm³/mol. The number of urea groups is 1. The van der Waals surface area contributed by atoms with Gasteiger partial charge in [-0.05, 0) is 12.1 Å². The van der Waals surface area contributed by atoms with Crippen molar-refractivity contribution in [3.05, 3.63) is 24.3 Å².